The van der Waals surface area contributed by atoms with Gasteiger partial charge in [0.1, 0.15) is 5.78 Å². The van der Waals surface area contributed by atoms with E-state index in [4.69, 9.17) is 0 Å². The van der Waals surface area contributed by atoms with Crippen molar-refractivity contribution in [1.82, 2.24) is 5.32 Å². The molecule has 0 aliphatic heterocycles. The fourth-order valence-electron chi connectivity index (χ4n) is 0.454. The van der Waals surface area contributed by atoms with Crippen LogP contribution in [0.5, 0.6) is 0 Å². The molecule has 1 N–H and O–H groups in total. The van der Waals surface area contributed by atoms with Crippen molar-refractivity contribution in [3.8, 4) is 0 Å². The van der Waals surface area contributed by atoms with Crippen LogP contribution in [-0.4, -0.2) is 26.0 Å². The van der Waals surface area contributed by atoms with E-state index >= 15 is 0 Å². The summed E-state index contributed by atoms with van der Waals surface area (Å²) in [5, 5.41) is 2.25. The number of amides is 1. The van der Waals surface area contributed by atoms with E-state index in [-0.39, 0.29) is 5.78 Å². The summed E-state index contributed by atoms with van der Waals surface area (Å²) in [7, 11) is 2.82. The van der Waals surface area contributed by atoms with Gasteiger partial charge in [0.2, 0.25) is 0 Å². The van der Waals surface area contributed by atoms with Crippen LogP contribution in [0.3, 0.4) is 0 Å². The summed E-state index contributed by atoms with van der Waals surface area (Å²) in [4.78, 5) is 19.9. The second-order valence-electron chi connectivity index (χ2n) is 2.19. The normalized spacial score (nSPS) is 7.00. The molecule has 0 bridgehead atoms. The average molecular weight is 205 g/mol. The first-order valence-corrected chi connectivity index (χ1v) is 4.83. The summed E-state index contributed by atoms with van der Waals surface area (Å²) in [6.45, 7) is 7.62. The molecule has 0 saturated carbocycles. The van der Waals surface area contributed by atoms with E-state index in [1.165, 1.54) is 14.2 Å². The van der Waals surface area contributed by atoms with Crippen LogP contribution in [0, 0.1) is 0 Å². The molecule has 0 aromatic heterocycles. The molecule has 14 heavy (non-hydrogen) atoms. The highest BCUT2D eigenvalue weighted by atomic mass is 16.5. The Hall–Kier alpha value is -1.06. The van der Waals surface area contributed by atoms with Crippen LogP contribution in [0.25, 0.3) is 0 Å². The van der Waals surface area contributed by atoms with Crippen molar-refractivity contribution < 1.29 is 14.3 Å². The predicted molar refractivity (Wildman–Crippen MR) is 58.4 cm³/mol. The van der Waals surface area contributed by atoms with Gasteiger partial charge in [0.05, 0.1) is 7.11 Å². The van der Waals surface area contributed by atoms with Gasteiger partial charge in [0.15, 0.2) is 0 Å². The van der Waals surface area contributed by atoms with Crippen molar-refractivity contribution in [3.63, 3.8) is 0 Å². The zero-order valence-electron chi connectivity index (χ0n) is 10.1. The van der Waals surface area contributed by atoms with Crippen molar-refractivity contribution in [2.75, 3.05) is 14.2 Å². The first kappa shape index (κ1) is 18.7. The number of rotatable bonds is 2. The molecule has 86 valence electrons. The molecular formula is C10H23NO3. The van der Waals surface area contributed by atoms with Gasteiger partial charge in [-0.2, -0.15) is 0 Å². The number of ketones is 1. The van der Waals surface area contributed by atoms with E-state index in [2.05, 4.69) is 10.1 Å². The fourth-order valence-corrected chi connectivity index (χ4v) is 0.454. The molecule has 4 nitrogen and oxygen atoms in total. The monoisotopic (exact) mass is 205 g/mol. The van der Waals surface area contributed by atoms with E-state index in [0.717, 1.165) is 12.8 Å². The van der Waals surface area contributed by atoms with Crippen molar-refractivity contribution in [1.29, 1.82) is 0 Å². The minimum Gasteiger partial charge on any atom is -0.453 e. The van der Waals surface area contributed by atoms with Gasteiger partial charge in [-0.15, -0.1) is 0 Å². The van der Waals surface area contributed by atoms with Crippen molar-refractivity contribution in [2.45, 2.75) is 40.5 Å². The number of ether oxygens (including phenoxy) is 1. The number of Topliss-reactive ketones (excluding diaryl/α,β-unsaturated/α-hetero) is 1. The van der Waals surface area contributed by atoms with Gasteiger partial charge in [0.25, 0.3) is 0 Å². The third-order valence-corrected chi connectivity index (χ3v) is 0.992. The maximum Gasteiger partial charge on any atom is 0.406 e. The lowest BCUT2D eigenvalue weighted by molar-refractivity contribution is -0.117. The first-order chi connectivity index (χ1) is 6.58. The maximum absolute atomic E-state index is 10.0. The van der Waals surface area contributed by atoms with Crippen LogP contribution in [0.15, 0.2) is 0 Å². The average Bonchev–Trinajstić information content (AvgIpc) is 2.20. The van der Waals surface area contributed by atoms with Gasteiger partial charge in [-0.1, -0.05) is 20.8 Å². The number of nitrogens with one attached hydrogen (secondary N) is 1. The Labute approximate surface area is 87.0 Å². The molecule has 4 heteroatoms. The summed E-state index contributed by atoms with van der Waals surface area (Å²) in [6, 6.07) is 0. The van der Waals surface area contributed by atoms with E-state index in [1.807, 2.05) is 20.8 Å². The number of carbonyl (C=O) groups excluding carboxylic acids is 2. The molecule has 0 saturated heterocycles. The Bertz CT molecular complexity index is 129. The highest BCUT2D eigenvalue weighted by Crippen LogP contribution is 1.84. The standard InChI is InChI=1S/C5H10O.C3H7NO2.C2H6/c1-3-4-5(2)6;1-4-3(5)6-2;1-2/h3-4H2,1-2H3;1-2H3,(H,4,5);1-2H3. The number of carbonyl (C=O) groups is 2. The summed E-state index contributed by atoms with van der Waals surface area (Å²) in [6.07, 6.45) is 1.31. The van der Waals surface area contributed by atoms with Gasteiger partial charge in [-0.3, -0.25) is 0 Å². The van der Waals surface area contributed by atoms with E-state index in [1.54, 1.807) is 6.92 Å². The first-order valence-electron chi connectivity index (χ1n) is 4.83. The van der Waals surface area contributed by atoms with E-state index in [0.29, 0.717) is 0 Å². The minimum atomic E-state index is -0.407. The number of methoxy groups -OCH3 is 1. The SMILES string of the molecule is CC.CCCC(C)=O.CNC(=O)OC. The lowest BCUT2D eigenvalue weighted by atomic mass is 10.3. The van der Waals surface area contributed by atoms with Crippen LogP contribution in [0.2, 0.25) is 0 Å². The van der Waals surface area contributed by atoms with Crippen molar-refractivity contribution in [2.24, 2.45) is 0 Å². The van der Waals surface area contributed by atoms with Gasteiger partial charge in [0, 0.05) is 13.5 Å². The molecular weight excluding hydrogens is 182 g/mol. The molecule has 0 aliphatic rings. The Morgan fingerprint density at radius 3 is 1.71 bits per heavy atom. The second-order valence-corrected chi connectivity index (χ2v) is 2.19. The number of hydrogen-bond donors (Lipinski definition) is 1. The Morgan fingerprint density at radius 1 is 1.29 bits per heavy atom. The second kappa shape index (κ2) is 17.9. The Morgan fingerprint density at radius 2 is 1.71 bits per heavy atom. The Kier molecular flexibility index (Phi) is 23.8. The zero-order valence-corrected chi connectivity index (χ0v) is 10.1. The van der Waals surface area contributed by atoms with Crippen LogP contribution >= 0.6 is 0 Å². The minimum absolute atomic E-state index is 0.289. The molecule has 0 aromatic rings. The van der Waals surface area contributed by atoms with Gasteiger partial charge in [-0.25, -0.2) is 4.79 Å². The van der Waals surface area contributed by atoms with E-state index < -0.39 is 6.09 Å². The van der Waals surface area contributed by atoms with Crippen LogP contribution in [0.4, 0.5) is 4.79 Å². The maximum atomic E-state index is 10.0. The van der Waals surface area contributed by atoms with Crippen molar-refractivity contribution >= 4 is 11.9 Å². The lowest BCUT2D eigenvalue weighted by Gasteiger charge is -1.90. The molecule has 0 spiro atoms. The van der Waals surface area contributed by atoms with Gasteiger partial charge >= 0.3 is 6.09 Å². The quantitative estimate of drug-likeness (QED) is 0.753. The molecule has 0 radical (unpaired) electrons. The fraction of sp³-hybridized carbons (Fsp3) is 0.800. The molecule has 0 rings (SSSR count). The summed E-state index contributed by atoms with van der Waals surface area (Å²) in [5.41, 5.74) is 0. The molecule has 0 aliphatic carbocycles. The zero-order chi connectivity index (χ0) is 12.0. The van der Waals surface area contributed by atoms with Gasteiger partial charge < -0.3 is 14.8 Å². The third kappa shape index (κ3) is 30.6. The number of alkyl carbamates (subject to hydrolysis) is 1. The smallest absolute Gasteiger partial charge is 0.406 e. The molecule has 0 unspecified atom stereocenters. The summed E-state index contributed by atoms with van der Waals surface area (Å²) in [5.74, 6) is 0.289. The lowest BCUT2D eigenvalue weighted by Crippen LogP contribution is -2.16. The highest BCUT2D eigenvalue weighted by molar-refractivity contribution is 5.75. The van der Waals surface area contributed by atoms with Gasteiger partial charge in [-0.05, 0) is 13.3 Å². The summed E-state index contributed by atoms with van der Waals surface area (Å²) >= 11 is 0. The van der Waals surface area contributed by atoms with E-state index in [9.17, 15) is 9.59 Å². The summed E-state index contributed by atoms with van der Waals surface area (Å²) < 4.78 is 4.15. The molecule has 0 heterocycles. The van der Waals surface area contributed by atoms with Crippen LogP contribution < -0.4 is 5.32 Å². The van der Waals surface area contributed by atoms with Crippen LogP contribution in [0.1, 0.15) is 40.5 Å². The molecule has 0 aromatic carbocycles. The molecule has 1 amide bonds. The molecule has 0 atom stereocenters. The molecule has 0 fully saturated rings. The predicted octanol–water partition coefficient (Wildman–Crippen LogP) is 2.37. The number of hydrogen-bond acceptors (Lipinski definition) is 3. The van der Waals surface area contributed by atoms with Crippen molar-refractivity contribution in [3.05, 3.63) is 0 Å². The largest absolute Gasteiger partial charge is 0.453 e. The Balaban J connectivity index is -0.000000147. The topological polar surface area (TPSA) is 55.4 Å². The highest BCUT2D eigenvalue weighted by Gasteiger charge is 1.85. The third-order valence-electron chi connectivity index (χ3n) is 0.992. The van der Waals surface area contributed by atoms with Crippen LogP contribution in [-0.2, 0) is 9.53 Å².